The SMILES string of the molecule is O=C(CN1CCN(S(=O)(=O)c2cc(F)cc(F)c2)CC1)NC1CC1. The number of piperazine rings is 1. The highest BCUT2D eigenvalue weighted by Gasteiger charge is 2.30. The Morgan fingerprint density at radius 1 is 1.08 bits per heavy atom. The van der Waals surface area contributed by atoms with Crippen molar-refractivity contribution >= 4 is 15.9 Å². The molecule has 0 bridgehead atoms. The van der Waals surface area contributed by atoms with Gasteiger partial charge in [0.1, 0.15) is 11.6 Å². The minimum Gasteiger partial charge on any atom is -0.352 e. The van der Waals surface area contributed by atoms with Crippen LogP contribution in [0.2, 0.25) is 0 Å². The van der Waals surface area contributed by atoms with Crippen molar-refractivity contribution in [1.29, 1.82) is 0 Å². The molecule has 0 radical (unpaired) electrons. The van der Waals surface area contributed by atoms with Crippen LogP contribution < -0.4 is 5.32 Å². The number of carbonyl (C=O) groups is 1. The summed E-state index contributed by atoms with van der Waals surface area (Å²) in [5.41, 5.74) is 0. The summed E-state index contributed by atoms with van der Waals surface area (Å²) in [6.45, 7) is 1.39. The van der Waals surface area contributed by atoms with Gasteiger partial charge >= 0.3 is 0 Å². The van der Waals surface area contributed by atoms with Gasteiger partial charge in [0.25, 0.3) is 0 Å². The van der Waals surface area contributed by atoms with E-state index >= 15 is 0 Å². The maximum Gasteiger partial charge on any atom is 0.243 e. The van der Waals surface area contributed by atoms with Gasteiger partial charge in [0.15, 0.2) is 0 Å². The standard InChI is InChI=1S/C15H19F2N3O3S/c16-11-7-12(17)9-14(8-11)24(22,23)20-5-3-19(4-6-20)10-15(21)18-13-1-2-13/h7-9,13H,1-6,10H2,(H,18,21). The predicted molar refractivity (Wildman–Crippen MR) is 82.7 cm³/mol. The van der Waals surface area contributed by atoms with E-state index in [1.165, 1.54) is 4.31 Å². The van der Waals surface area contributed by atoms with E-state index in [1.807, 2.05) is 4.90 Å². The summed E-state index contributed by atoms with van der Waals surface area (Å²) < 4.78 is 52.7. The molecule has 9 heteroatoms. The third kappa shape index (κ3) is 4.08. The molecule has 132 valence electrons. The van der Waals surface area contributed by atoms with Crippen LogP contribution in [0.15, 0.2) is 23.1 Å². The molecule has 1 saturated heterocycles. The summed E-state index contributed by atoms with van der Waals surface area (Å²) in [6.07, 6.45) is 2.03. The Kier molecular flexibility index (Phi) is 4.84. The zero-order valence-corrected chi connectivity index (χ0v) is 13.9. The lowest BCUT2D eigenvalue weighted by molar-refractivity contribution is -0.122. The zero-order valence-electron chi connectivity index (χ0n) is 13.0. The van der Waals surface area contributed by atoms with Crippen LogP contribution in [0, 0.1) is 11.6 Å². The summed E-state index contributed by atoms with van der Waals surface area (Å²) in [5.74, 6) is -1.91. The summed E-state index contributed by atoms with van der Waals surface area (Å²) in [5, 5.41) is 2.89. The van der Waals surface area contributed by atoms with E-state index in [1.54, 1.807) is 0 Å². The number of hydrogen-bond donors (Lipinski definition) is 1. The smallest absolute Gasteiger partial charge is 0.243 e. The third-order valence-electron chi connectivity index (χ3n) is 4.11. The second-order valence-corrected chi connectivity index (χ2v) is 8.07. The molecule has 1 aliphatic carbocycles. The van der Waals surface area contributed by atoms with E-state index in [0.29, 0.717) is 25.2 Å². The normalized spacial score (nSPS) is 20.1. The molecule has 0 atom stereocenters. The van der Waals surface area contributed by atoms with E-state index in [0.717, 1.165) is 25.0 Å². The second-order valence-electron chi connectivity index (χ2n) is 6.13. The number of hydrogen-bond acceptors (Lipinski definition) is 4. The summed E-state index contributed by atoms with van der Waals surface area (Å²) in [6, 6.07) is 2.55. The van der Waals surface area contributed by atoms with Crippen molar-refractivity contribution < 1.29 is 22.0 Å². The zero-order chi connectivity index (χ0) is 17.3. The lowest BCUT2D eigenvalue weighted by atomic mass is 10.3. The lowest BCUT2D eigenvalue weighted by Gasteiger charge is -2.33. The molecule has 2 aliphatic rings. The highest BCUT2D eigenvalue weighted by molar-refractivity contribution is 7.89. The van der Waals surface area contributed by atoms with E-state index in [-0.39, 0.29) is 30.4 Å². The fraction of sp³-hybridized carbons (Fsp3) is 0.533. The number of nitrogens with one attached hydrogen (secondary N) is 1. The summed E-state index contributed by atoms with van der Waals surface area (Å²) >= 11 is 0. The number of rotatable bonds is 5. The van der Waals surface area contributed by atoms with E-state index in [9.17, 15) is 22.0 Å². The van der Waals surface area contributed by atoms with Gasteiger partial charge in [-0.1, -0.05) is 0 Å². The topological polar surface area (TPSA) is 69.7 Å². The average molecular weight is 359 g/mol. The van der Waals surface area contributed by atoms with Crippen molar-refractivity contribution in [2.45, 2.75) is 23.8 Å². The molecule has 1 aliphatic heterocycles. The van der Waals surface area contributed by atoms with Gasteiger partial charge in [-0.2, -0.15) is 4.31 Å². The Labute approximate surface area is 139 Å². The summed E-state index contributed by atoms with van der Waals surface area (Å²) in [4.78, 5) is 13.3. The molecular formula is C15H19F2N3O3S. The minimum atomic E-state index is -3.94. The lowest BCUT2D eigenvalue weighted by Crippen LogP contribution is -2.51. The molecule has 1 N–H and O–H groups in total. The summed E-state index contributed by atoms with van der Waals surface area (Å²) in [7, 11) is -3.94. The highest BCUT2D eigenvalue weighted by atomic mass is 32.2. The first-order valence-corrected chi connectivity index (χ1v) is 9.26. The molecule has 1 amide bonds. The Bertz CT molecular complexity index is 709. The fourth-order valence-electron chi connectivity index (χ4n) is 2.66. The number of halogens is 2. The maximum absolute atomic E-state index is 13.3. The molecule has 6 nitrogen and oxygen atoms in total. The molecule has 0 spiro atoms. The third-order valence-corrected chi connectivity index (χ3v) is 5.99. The van der Waals surface area contributed by atoms with Gasteiger partial charge in [0, 0.05) is 38.3 Å². The maximum atomic E-state index is 13.3. The van der Waals surface area contributed by atoms with Gasteiger partial charge < -0.3 is 5.32 Å². The predicted octanol–water partition coefficient (Wildman–Crippen LogP) is 0.550. The minimum absolute atomic E-state index is 0.0546. The van der Waals surface area contributed by atoms with Crippen molar-refractivity contribution in [3.63, 3.8) is 0 Å². The van der Waals surface area contributed by atoms with E-state index < -0.39 is 21.7 Å². The number of amides is 1. The molecular weight excluding hydrogens is 340 g/mol. The largest absolute Gasteiger partial charge is 0.352 e. The molecule has 2 fully saturated rings. The van der Waals surface area contributed by atoms with E-state index in [2.05, 4.69) is 5.32 Å². The van der Waals surface area contributed by atoms with Gasteiger partial charge in [0.2, 0.25) is 15.9 Å². The van der Waals surface area contributed by atoms with Crippen molar-refractivity contribution in [3.8, 4) is 0 Å². The van der Waals surface area contributed by atoms with E-state index in [4.69, 9.17) is 0 Å². The fourth-order valence-corrected chi connectivity index (χ4v) is 4.12. The van der Waals surface area contributed by atoms with Crippen molar-refractivity contribution in [3.05, 3.63) is 29.8 Å². The van der Waals surface area contributed by atoms with Crippen molar-refractivity contribution in [2.24, 2.45) is 0 Å². The van der Waals surface area contributed by atoms with Gasteiger partial charge in [-0.3, -0.25) is 9.69 Å². The van der Waals surface area contributed by atoms with Gasteiger partial charge in [-0.15, -0.1) is 0 Å². The molecule has 1 heterocycles. The molecule has 1 aromatic rings. The quantitative estimate of drug-likeness (QED) is 0.834. The van der Waals surface area contributed by atoms with Crippen LogP contribution in [-0.2, 0) is 14.8 Å². The van der Waals surface area contributed by atoms with Crippen molar-refractivity contribution in [2.75, 3.05) is 32.7 Å². The molecule has 1 saturated carbocycles. The molecule has 0 unspecified atom stereocenters. The van der Waals surface area contributed by atoms with Crippen LogP contribution in [0.25, 0.3) is 0 Å². The second kappa shape index (κ2) is 6.73. The van der Waals surface area contributed by atoms with Crippen LogP contribution in [-0.4, -0.2) is 62.3 Å². The first-order valence-electron chi connectivity index (χ1n) is 7.82. The van der Waals surface area contributed by atoms with Crippen LogP contribution in [0.1, 0.15) is 12.8 Å². The number of sulfonamides is 1. The molecule has 3 rings (SSSR count). The Balaban J connectivity index is 1.59. The van der Waals surface area contributed by atoms with Crippen LogP contribution in [0.5, 0.6) is 0 Å². The van der Waals surface area contributed by atoms with Crippen LogP contribution >= 0.6 is 0 Å². The molecule has 1 aromatic carbocycles. The molecule has 0 aromatic heterocycles. The number of nitrogens with zero attached hydrogens (tertiary/aromatic N) is 2. The van der Waals surface area contributed by atoms with Gasteiger partial charge in [-0.05, 0) is 25.0 Å². The first kappa shape index (κ1) is 17.2. The molecule has 24 heavy (non-hydrogen) atoms. The monoisotopic (exact) mass is 359 g/mol. The van der Waals surface area contributed by atoms with Gasteiger partial charge in [0.05, 0.1) is 11.4 Å². The first-order chi connectivity index (χ1) is 11.3. The van der Waals surface area contributed by atoms with Crippen LogP contribution in [0.4, 0.5) is 8.78 Å². The van der Waals surface area contributed by atoms with Gasteiger partial charge in [-0.25, -0.2) is 17.2 Å². The number of carbonyl (C=O) groups excluding carboxylic acids is 1. The highest BCUT2D eigenvalue weighted by Crippen LogP contribution is 2.20. The average Bonchev–Trinajstić information content (AvgIpc) is 3.30. The number of benzene rings is 1. The van der Waals surface area contributed by atoms with Crippen molar-refractivity contribution in [1.82, 2.24) is 14.5 Å². The Hall–Kier alpha value is -1.58. The Morgan fingerprint density at radius 3 is 2.21 bits per heavy atom. The Morgan fingerprint density at radius 2 is 1.67 bits per heavy atom. The van der Waals surface area contributed by atoms with Crippen LogP contribution in [0.3, 0.4) is 0 Å².